The van der Waals surface area contributed by atoms with E-state index in [0.717, 1.165) is 9.13 Å². The van der Waals surface area contributed by atoms with Gasteiger partial charge in [0, 0.05) is 12.6 Å². The van der Waals surface area contributed by atoms with Gasteiger partial charge in [0.2, 0.25) is 5.69 Å². The molecule has 1 heterocycles. The van der Waals surface area contributed by atoms with Crippen molar-refractivity contribution in [3.63, 3.8) is 0 Å². The van der Waals surface area contributed by atoms with Crippen LogP contribution in [-0.4, -0.2) is 9.13 Å². The van der Waals surface area contributed by atoms with Crippen molar-refractivity contribution in [2.75, 3.05) is 5.73 Å². The quantitative estimate of drug-likeness (QED) is 0.762. The van der Waals surface area contributed by atoms with Crippen molar-refractivity contribution in [1.29, 1.82) is 0 Å². The fraction of sp³-hybridized carbons (Fsp3) is 0.556. The zero-order chi connectivity index (χ0) is 12.5. The summed E-state index contributed by atoms with van der Waals surface area (Å²) in [6.45, 7) is 5.32. The van der Waals surface area contributed by atoms with E-state index in [4.69, 9.17) is 5.73 Å². The minimum atomic E-state index is -0.739. The molecule has 0 aliphatic heterocycles. The van der Waals surface area contributed by atoms with Crippen LogP contribution in [0.1, 0.15) is 26.8 Å². The molecule has 0 radical (unpaired) electrons. The second-order valence-corrected chi connectivity index (χ2v) is 3.62. The molecule has 0 amide bonds. The maximum atomic E-state index is 11.9. The van der Waals surface area contributed by atoms with Crippen LogP contribution in [0.3, 0.4) is 0 Å². The van der Waals surface area contributed by atoms with Gasteiger partial charge in [-0.05, 0) is 25.9 Å². The van der Waals surface area contributed by atoms with Gasteiger partial charge < -0.3 is 5.73 Å². The van der Waals surface area contributed by atoms with Crippen molar-refractivity contribution in [2.45, 2.75) is 33.4 Å². The molecular formula is C9H14N4O3. The Morgan fingerprint density at radius 2 is 1.94 bits per heavy atom. The highest BCUT2D eigenvalue weighted by molar-refractivity contribution is 5.55. The molecule has 2 N–H and O–H groups in total. The monoisotopic (exact) mass is 226 g/mol. The molecule has 0 aliphatic carbocycles. The van der Waals surface area contributed by atoms with Crippen molar-refractivity contribution < 1.29 is 0 Å². The summed E-state index contributed by atoms with van der Waals surface area (Å²) in [4.78, 5) is 34.1. The second kappa shape index (κ2) is 4.30. The van der Waals surface area contributed by atoms with E-state index in [-0.39, 0.29) is 18.4 Å². The van der Waals surface area contributed by atoms with E-state index >= 15 is 0 Å². The Balaban J connectivity index is 3.85. The number of hydrogen-bond acceptors (Lipinski definition) is 5. The van der Waals surface area contributed by atoms with E-state index in [1.54, 1.807) is 20.8 Å². The normalized spacial score (nSPS) is 10.8. The highest BCUT2D eigenvalue weighted by Gasteiger charge is 2.18. The average Bonchev–Trinajstić information content (AvgIpc) is 2.18. The first kappa shape index (κ1) is 12.2. The standard InChI is InChI=1S/C9H14N4O3/c1-4-12-7(10)6(11-16)8(14)13(5(2)3)9(12)15/h5H,4,10H2,1-3H3. The first-order valence-corrected chi connectivity index (χ1v) is 4.93. The Bertz CT molecular complexity index is 527. The Morgan fingerprint density at radius 3 is 2.31 bits per heavy atom. The van der Waals surface area contributed by atoms with Crippen molar-refractivity contribution in [3.8, 4) is 0 Å². The Morgan fingerprint density at radius 1 is 1.38 bits per heavy atom. The number of nitrogens with zero attached hydrogens (tertiary/aromatic N) is 3. The minimum absolute atomic E-state index is 0.176. The van der Waals surface area contributed by atoms with Gasteiger partial charge in [-0.1, -0.05) is 0 Å². The van der Waals surface area contributed by atoms with Crippen LogP contribution in [0.15, 0.2) is 14.8 Å². The van der Waals surface area contributed by atoms with Crippen LogP contribution in [0.2, 0.25) is 0 Å². The molecule has 0 fully saturated rings. The molecule has 7 nitrogen and oxygen atoms in total. The van der Waals surface area contributed by atoms with Crippen LogP contribution in [0.4, 0.5) is 11.5 Å². The average molecular weight is 226 g/mol. The molecule has 1 aromatic heterocycles. The van der Waals surface area contributed by atoms with Crippen molar-refractivity contribution in [3.05, 3.63) is 25.7 Å². The summed E-state index contributed by atoms with van der Waals surface area (Å²) < 4.78 is 2.12. The number of nitrogen functional groups attached to an aromatic ring is 1. The number of anilines is 1. The number of nitrogens with two attached hydrogens (primary N) is 1. The largest absolute Gasteiger partial charge is 0.383 e. The molecule has 7 heteroatoms. The van der Waals surface area contributed by atoms with E-state index in [2.05, 4.69) is 5.18 Å². The summed E-state index contributed by atoms with van der Waals surface area (Å²) in [6, 6.07) is -0.348. The van der Waals surface area contributed by atoms with Crippen LogP contribution >= 0.6 is 0 Å². The van der Waals surface area contributed by atoms with Gasteiger partial charge in [0.05, 0.1) is 0 Å². The maximum Gasteiger partial charge on any atom is 0.332 e. The van der Waals surface area contributed by atoms with E-state index in [0.29, 0.717) is 0 Å². The van der Waals surface area contributed by atoms with Gasteiger partial charge in [0.25, 0.3) is 5.56 Å². The predicted octanol–water partition coefficient (Wildman–Crippen LogP) is 0.591. The first-order chi connectivity index (χ1) is 7.45. The van der Waals surface area contributed by atoms with Gasteiger partial charge in [-0.15, -0.1) is 4.91 Å². The molecule has 0 saturated carbocycles. The zero-order valence-electron chi connectivity index (χ0n) is 9.43. The maximum absolute atomic E-state index is 11.9. The minimum Gasteiger partial charge on any atom is -0.383 e. The zero-order valence-corrected chi connectivity index (χ0v) is 9.43. The lowest BCUT2D eigenvalue weighted by Crippen LogP contribution is -2.41. The summed E-state index contributed by atoms with van der Waals surface area (Å²) in [6.07, 6.45) is 0. The van der Waals surface area contributed by atoms with Crippen LogP contribution in [0.5, 0.6) is 0 Å². The Kier molecular flexibility index (Phi) is 3.26. The summed E-state index contributed by atoms with van der Waals surface area (Å²) in [5.74, 6) is -0.176. The lowest BCUT2D eigenvalue weighted by atomic mass is 10.3. The summed E-state index contributed by atoms with van der Waals surface area (Å²) in [5.41, 5.74) is 3.86. The summed E-state index contributed by atoms with van der Waals surface area (Å²) in [5, 5.41) is 2.59. The van der Waals surface area contributed by atoms with Crippen LogP contribution < -0.4 is 17.0 Å². The Labute approximate surface area is 91.5 Å². The molecule has 88 valence electrons. The van der Waals surface area contributed by atoms with E-state index in [1.807, 2.05) is 0 Å². The lowest BCUT2D eigenvalue weighted by Gasteiger charge is -2.14. The predicted molar refractivity (Wildman–Crippen MR) is 60.9 cm³/mol. The third-order valence-corrected chi connectivity index (χ3v) is 2.32. The molecule has 0 saturated heterocycles. The van der Waals surface area contributed by atoms with Gasteiger partial charge in [0.15, 0.2) is 0 Å². The molecule has 0 unspecified atom stereocenters. The molecule has 0 atom stereocenters. The molecule has 1 aromatic rings. The number of rotatable bonds is 3. The number of aromatic nitrogens is 2. The SMILES string of the molecule is CCn1c(N)c(N=O)c(=O)n(C(C)C)c1=O. The summed E-state index contributed by atoms with van der Waals surface area (Å²) >= 11 is 0. The van der Waals surface area contributed by atoms with Gasteiger partial charge in [-0.2, -0.15) is 0 Å². The highest BCUT2D eigenvalue weighted by Crippen LogP contribution is 2.14. The van der Waals surface area contributed by atoms with E-state index < -0.39 is 16.9 Å². The van der Waals surface area contributed by atoms with Crippen LogP contribution in [0, 0.1) is 4.91 Å². The van der Waals surface area contributed by atoms with E-state index in [9.17, 15) is 14.5 Å². The van der Waals surface area contributed by atoms with Crippen LogP contribution in [0.25, 0.3) is 0 Å². The summed E-state index contributed by atoms with van der Waals surface area (Å²) in [7, 11) is 0. The van der Waals surface area contributed by atoms with Gasteiger partial charge in [0.1, 0.15) is 5.82 Å². The second-order valence-electron chi connectivity index (χ2n) is 3.62. The molecular weight excluding hydrogens is 212 g/mol. The molecule has 16 heavy (non-hydrogen) atoms. The molecule has 0 aliphatic rings. The molecule has 1 rings (SSSR count). The van der Waals surface area contributed by atoms with Crippen molar-refractivity contribution in [1.82, 2.24) is 9.13 Å². The number of hydrogen-bond donors (Lipinski definition) is 1. The van der Waals surface area contributed by atoms with Crippen molar-refractivity contribution >= 4 is 11.5 Å². The smallest absolute Gasteiger partial charge is 0.332 e. The highest BCUT2D eigenvalue weighted by atomic mass is 16.3. The van der Waals surface area contributed by atoms with E-state index in [1.165, 1.54) is 0 Å². The fourth-order valence-corrected chi connectivity index (χ4v) is 1.52. The fourth-order valence-electron chi connectivity index (χ4n) is 1.52. The third kappa shape index (κ3) is 1.64. The third-order valence-electron chi connectivity index (χ3n) is 2.32. The Hall–Kier alpha value is -1.92. The van der Waals surface area contributed by atoms with Gasteiger partial charge >= 0.3 is 5.69 Å². The topological polar surface area (TPSA) is 99.4 Å². The lowest BCUT2D eigenvalue weighted by molar-refractivity contribution is 0.513. The first-order valence-electron chi connectivity index (χ1n) is 4.93. The van der Waals surface area contributed by atoms with Crippen LogP contribution in [-0.2, 0) is 6.54 Å². The number of nitroso groups, excluding NO2 is 1. The van der Waals surface area contributed by atoms with Crippen molar-refractivity contribution in [2.24, 2.45) is 5.18 Å². The molecule has 0 bridgehead atoms. The molecule has 0 spiro atoms. The van der Waals surface area contributed by atoms with Gasteiger partial charge in [-0.3, -0.25) is 13.9 Å². The van der Waals surface area contributed by atoms with Gasteiger partial charge in [-0.25, -0.2) is 4.79 Å². The molecule has 0 aromatic carbocycles.